The summed E-state index contributed by atoms with van der Waals surface area (Å²) in [6.07, 6.45) is 11.6. The van der Waals surface area contributed by atoms with E-state index in [2.05, 4.69) is 0 Å². The van der Waals surface area contributed by atoms with Crippen molar-refractivity contribution in [2.75, 3.05) is 23.0 Å². The first-order chi connectivity index (χ1) is 23.8. The van der Waals surface area contributed by atoms with Crippen LogP contribution in [0.15, 0.2) is 71.3 Å². The van der Waals surface area contributed by atoms with Gasteiger partial charge in [0, 0.05) is 48.3 Å². The summed E-state index contributed by atoms with van der Waals surface area (Å²) in [5.41, 5.74) is 3.13. The number of hydrogen-bond acceptors (Lipinski definition) is 9. The lowest BCUT2D eigenvalue weighted by Crippen LogP contribution is -2.35. The van der Waals surface area contributed by atoms with Gasteiger partial charge in [0.15, 0.2) is 6.54 Å². The average Bonchev–Trinajstić information content (AvgIpc) is 3.46. The van der Waals surface area contributed by atoms with Gasteiger partial charge in [-0.2, -0.15) is 29.8 Å². The fourth-order valence-electron chi connectivity index (χ4n) is 6.35. The van der Waals surface area contributed by atoms with Gasteiger partial charge in [-0.15, -0.1) is 0 Å². The Hall–Kier alpha value is -3.45. The molecular weight excluding hydrogens is 741 g/mol. The molecule has 3 aromatic rings. The van der Waals surface area contributed by atoms with Crippen LogP contribution in [-0.4, -0.2) is 68.0 Å². The molecule has 2 heterocycles. The number of carbonyl (C=O) groups is 1. The molecule has 0 bridgehead atoms. The Balaban J connectivity index is 1.71. The monoisotopic (exact) mass is 783 g/mol. The van der Waals surface area contributed by atoms with Gasteiger partial charge >= 0.3 is 5.97 Å². The van der Waals surface area contributed by atoms with Crippen LogP contribution in [0, 0.1) is 6.92 Å². The van der Waals surface area contributed by atoms with Crippen molar-refractivity contribution in [3.63, 3.8) is 0 Å². The van der Waals surface area contributed by atoms with Crippen LogP contribution in [0.4, 0.5) is 5.69 Å². The SMILES string of the molecule is Cc1ccc2c(c1)sc(/C=C/C=C/C=C1\N(CCCS(=O)(=O)O)c3ccc(S(=O)(=O)O)cc3C1(C)CCCCCC(=O)O)[n+]2CCCS(=O)(=O)O. The molecule has 0 amide bonds. The maximum absolute atomic E-state index is 12.1. The summed E-state index contributed by atoms with van der Waals surface area (Å²) in [5.74, 6) is -1.76. The summed E-state index contributed by atoms with van der Waals surface area (Å²) >= 11 is 1.53. The van der Waals surface area contributed by atoms with E-state index in [1.807, 2.05) is 59.7 Å². The van der Waals surface area contributed by atoms with Crippen LogP contribution < -0.4 is 9.47 Å². The largest absolute Gasteiger partial charge is 0.481 e. The zero-order valence-electron chi connectivity index (χ0n) is 28.3. The zero-order chi connectivity index (χ0) is 37.6. The van der Waals surface area contributed by atoms with Gasteiger partial charge in [-0.1, -0.05) is 48.5 Å². The van der Waals surface area contributed by atoms with Crippen molar-refractivity contribution in [1.29, 1.82) is 0 Å². The van der Waals surface area contributed by atoms with Crippen LogP contribution in [0.2, 0.25) is 0 Å². The Kier molecular flexibility index (Phi) is 13.0. The van der Waals surface area contributed by atoms with Crippen molar-refractivity contribution in [2.24, 2.45) is 0 Å². The van der Waals surface area contributed by atoms with E-state index in [0.717, 1.165) is 26.5 Å². The molecule has 0 fully saturated rings. The second-order valence-electron chi connectivity index (χ2n) is 12.7. The quantitative estimate of drug-likeness (QED) is 0.0541. The normalized spacial score (nSPS) is 17.7. The van der Waals surface area contributed by atoms with Crippen molar-refractivity contribution in [2.45, 2.75) is 75.6 Å². The fourth-order valence-corrected chi connectivity index (χ4v) is 9.05. The molecule has 17 heteroatoms. The lowest BCUT2D eigenvalue weighted by atomic mass is 9.77. The van der Waals surface area contributed by atoms with Crippen LogP contribution in [0.25, 0.3) is 16.3 Å². The minimum Gasteiger partial charge on any atom is -0.481 e. The van der Waals surface area contributed by atoms with E-state index < -0.39 is 47.5 Å². The molecular formula is C34H43N2O11S4+. The third-order valence-corrected chi connectivity index (χ3v) is 12.3. The number of carboxylic acid groups (broad SMARTS) is 1. The third-order valence-electron chi connectivity index (χ3n) is 8.74. The Bertz CT molecular complexity index is 2190. The molecule has 1 aliphatic heterocycles. The minimum atomic E-state index is -4.55. The number of unbranched alkanes of at least 4 members (excludes halogenated alkanes) is 2. The van der Waals surface area contributed by atoms with Crippen molar-refractivity contribution >= 4 is 69.6 Å². The number of thiazole rings is 1. The summed E-state index contributed by atoms with van der Waals surface area (Å²) in [4.78, 5) is 12.6. The molecule has 0 spiro atoms. The minimum absolute atomic E-state index is 0.0136. The summed E-state index contributed by atoms with van der Waals surface area (Å²) in [6, 6.07) is 10.2. The average molecular weight is 784 g/mol. The highest BCUT2D eigenvalue weighted by atomic mass is 32.2. The lowest BCUT2D eigenvalue weighted by Gasteiger charge is -2.30. The molecule has 0 aliphatic carbocycles. The topological polar surface area (TPSA) is 208 Å². The van der Waals surface area contributed by atoms with E-state index in [0.29, 0.717) is 43.5 Å². The first-order valence-corrected chi connectivity index (χ1v) is 21.8. The number of carboxylic acids is 1. The molecule has 278 valence electrons. The summed E-state index contributed by atoms with van der Waals surface area (Å²) in [6.45, 7) is 4.44. The highest BCUT2D eigenvalue weighted by Gasteiger charge is 2.43. The predicted molar refractivity (Wildman–Crippen MR) is 197 cm³/mol. The summed E-state index contributed by atoms with van der Waals surface area (Å²) < 4.78 is 102. The van der Waals surface area contributed by atoms with Gasteiger partial charge in [0.1, 0.15) is 4.70 Å². The Morgan fingerprint density at radius 3 is 2.25 bits per heavy atom. The smallest absolute Gasteiger partial charge is 0.303 e. The van der Waals surface area contributed by atoms with Crippen LogP contribution in [0.5, 0.6) is 0 Å². The molecule has 4 rings (SSSR count). The number of aliphatic carboxylic acids is 1. The molecule has 4 N–H and O–H groups in total. The van der Waals surface area contributed by atoms with E-state index >= 15 is 0 Å². The standard InChI is InChI=1S/C34H42N2O11S4/c1-25-14-16-29-30(23-25)48-32(36(29)20-10-22-50(42,43)44)12-6-3-5-11-31-34(2,18-8-4-7-13-33(37)38)27-24-26(51(45,46)47)15-17-28(27)35(31)19-9-21-49(39,40)41/h3,5-6,11-12,14-17,23-24H,4,7-10,13,18-22H2,1-2H3,(H3-,37,38,39,40,41,42,43,44,45,46,47)/p+1. The molecule has 0 saturated heterocycles. The highest BCUT2D eigenvalue weighted by Crippen LogP contribution is 2.51. The van der Waals surface area contributed by atoms with Crippen LogP contribution >= 0.6 is 11.3 Å². The third kappa shape index (κ3) is 11.0. The molecule has 13 nitrogen and oxygen atoms in total. The van der Waals surface area contributed by atoms with Crippen molar-refractivity contribution in [3.8, 4) is 0 Å². The van der Waals surface area contributed by atoms with Gasteiger partial charge in [0.25, 0.3) is 35.4 Å². The second-order valence-corrected chi connectivity index (χ2v) is 18.4. The van der Waals surface area contributed by atoms with E-state index in [9.17, 15) is 43.7 Å². The van der Waals surface area contributed by atoms with E-state index in [4.69, 9.17) is 5.11 Å². The van der Waals surface area contributed by atoms with Gasteiger partial charge < -0.3 is 10.0 Å². The van der Waals surface area contributed by atoms with Gasteiger partial charge in [-0.05, 0) is 74.6 Å². The molecule has 1 atom stereocenters. The zero-order valence-corrected chi connectivity index (χ0v) is 31.6. The van der Waals surface area contributed by atoms with Gasteiger partial charge in [-0.3, -0.25) is 18.5 Å². The van der Waals surface area contributed by atoms with Crippen LogP contribution in [0.1, 0.15) is 68.0 Å². The predicted octanol–water partition coefficient (Wildman–Crippen LogP) is 5.57. The Morgan fingerprint density at radius 1 is 0.882 bits per heavy atom. The molecule has 1 unspecified atom stereocenters. The number of aryl methyl sites for hydroxylation is 2. The molecule has 2 aromatic carbocycles. The van der Waals surface area contributed by atoms with Crippen molar-refractivity contribution < 1.29 is 53.4 Å². The number of benzene rings is 2. The number of fused-ring (bicyclic) bond motifs is 2. The maximum Gasteiger partial charge on any atom is 0.303 e. The van der Waals surface area contributed by atoms with E-state index in [1.54, 1.807) is 18.2 Å². The summed E-state index contributed by atoms with van der Waals surface area (Å²) in [5, 5.41) is 9.92. The molecule has 0 radical (unpaired) electrons. The van der Waals surface area contributed by atoms with Gasteiger partial charge in [-0.25, -0.2) is 0 Å². The molecule has 1 aliphatic rings. The van der Waals surface area contributed by atoms with E-state index in [-0.39, 0.29) is 36.5 Å². The number of aromatic nitrogens is 1. The van der Waals surface area contributed by atoms with Gasteiger partial charge in [0.05, 0.1) is 16.4 Å². The van der Waals surface area contributed by atoms with Crippen molar-refractivity contribution in [1.82, 2.24) is 0 Å². The van der Waals surface area contributed by atoms with E-state index in [1.165, 1.54) is 23.5 Å². The number of nitrogens with zero attached hydrogens (tertiary/aromatic N) is 2. The fraction of sp³-hybridized carbons (Fsp3) is 0.412. The number of anilines is 1. The molecule has 0 saturated carbocycles. The van der Waals surface area contributed by atoms with Gasteiger partial charge in [0.2, 0.25) is 5.52 Å². The Labute approximate surface area is 302 Å². The lowest BCUT2D eigenvalue weighted by molar-refractivity contribution is -0.668. The number of hydrogen-bond donors (Lipinski definition) is 4. The number of allylic oxidation sites excluding steroid dienone is 5. The molecule has 51 heavy (non-hydrogen) atoms. The van der Waals surface area contributed by atoms with Crippen molar-refractivity contribution in [3.05, 3.63) is 82.5 Å². The Morgan fingerprint density at radius 2 is 1.59 bits per heavy atom. The second kappa shape index (κ2) is 16.5. The highest BCUT2D eigenvalue weighted by molar-refractivity contribution is 7.86. The van der Waals surface area contributed by atoms with Crippen LogP contribution in [0.3, 0.4) is 0 Å². The number of rotatable bonds is 18. The summed E-state index contributed by atoms with van der Waals surface area (Å²) in [7, 11) is -12.9. The maximum atomic E-state index is 12.1. The van der Waals surface area contributed by atoms with Crippen LogP contribution in [-0.2, 0) is 47.1 Å². The first-order valence-electron chi connectivity index (χ1n) is 16.3. The first kappa shape index (κ1) is 40.3. The molecule has 1 aromatic heterocycles.